The van der Waals surface area contributed by atoms with E-state index in [2.05, 4.69) is 5.16 Å². The highest BCUT2D eigenvalue weighted by Gasteiger charge is 2.59. The summed E-state index contributed by atoms with van der Waals surface area (Å²) in [6.07, 6.45) is 4.01. The first-order chi connectivity index (χ1) is 13.7. The topological polar surface area (TPSA) is 74.0 Å². The van der Waals surface area contributed by atoms with Gasteiger partial charge in [0.15, 0.2) is 6.79 Å². The van der Waals surface area contributed by atoms with Crippen LogP contribution in [-0.2, 0) is 31.0 Å². The van der Waals surface area contributed by atoms with Crippen molar-refractivity contribution in [2.24, 2.45) is 0 Å². The molecule has 1 fully saturated rings. The molecule has 1 spiro atoms. The summed E-state index contributed by atoms with van der Waals surface area (Å²) in [6, 6.07) is 7.94. The summed E-state index contributed by atoms with van der Waals surface area (Å²) in [6.45, 7) is 2.81. The number of fused-ring (bicyclic) bond motifs is 4. The maximum atomic E-state index is 13.8. The molecule has 0 saturated carbocycles. The minimum Gasteiger partial charge on any atom is -0.492 e. The van der Waals surface area contributed by atoms with E-state index < -0.39 is 5.41 Å². The van der Waals surface area contributed by atoms with E-state index in [1.807, 2.05) is 42.2 Å². The van der Waals surface area contributed by atoms with E-state index in [0.29, 0.717) is 19.6 Å². The summed E-state index contributed by atoms with van der Waals surface area (Å²) in [5.41, 5.74) is 2.95. The first-order valence-electron chi connectivity index (χ1n) is 9.32. The molecule has 2 unspecified atom stereocenters. The number of ether oxygens (including phenoxy) is 3. The average molecular weight is 378 g/mol. The molecule has 1 amide bonds. The van der Waals surface area contributed by atoms with Crippen molar-refractivity contribution >= 4 is 11.6 Å². The van der Waals surface area contributed by atoms with Gasteiger partial charge in [-0.15, -0.1) is 0 Å². The third kappa shape index (κ3) is 1.91. The minimum atomic E-state index is -0.815. The highest BCUT2D eigenvalue weighted by Crippen LogP contribution is 2.54. The van der Waals surface area contributed by atoms with E-state index in [0.717, 1.165) is 39.7 Å². The first kappa shape index (κ1) is 15.9. The van der Waals surface area contributed by atoms with Crippen LogP contribution in [0.2, 0.25) is 0 Å². The lowest BCUT2D eigenvalue weighted by atomic mass is 9.73. The number of aromatic nitrogens is 1. The predicted octanol–water partition coefficient (Wildman–Crippen LogP) is 2.71. The van der Waals surface area contributed by atoms with Crippen LogP contribution in [0.15, 0.2) is 58.2 Å². The van der Waals surface area contributed by atoms with E-state index >= 15 is 0 Å². The van der Waals surface area contributed by atoms with E-state index in [1.165, 1.54) is 0 Å². The zero-order valence-corrected chi connectivity index (χ0v) is 15.3. The van der Waals surface area contributed by atoms with Crippen molar-refractivity contribution in [2.75, 3.05) is 18.3 Å². The normalized spacial score (nSPS) is 27.5. The van der Waals surface area contributed by atoms with Gasteiger partial charge < -0.3 is 23.6 Å². The molecule has 2 atom stereocenters. The fourth-order valence-electron chi connectivity index (χ4n) is 4.70. The van der Waals surface area contributed by atoms with Crippen molar-refractivity contribution in [3.8, 4) is 0 Å². The zero-order valence-electron chi connectivity index (χ0n) is 15.3. The lowest BCUT2D eigenvalue weighted by Gasteiger charge is -2.27. The number of allylic oxidation sites excluding steroid dienone is 1. The van der Waals surface area contributed by atoms with Crippen molar-refractivity contribution in [1.29, 1.82) is 0 Å². The van der Waals surface area contributed by atoms with Crippen LogP contribution < -0.4 is 4.90 Å². The molecule has 6 rings (SSSR count). The molecule has 4 heterocycles. The van der Waals surface area contributed by atoms with Crippen LogP contribution in [0.3, 0.4) is 0 Å². The quantitative estimate of drug-likeness (QED) is 0.800. The maximum Gasteiger partial charge on any atom is 0.245 e. The van der Waals surface area contributed by atoms with Gasteiger partial charge in [-0.2, -0.15) is 0 Å². The van der Waals surface area contributed by atoms with Gasteiger partial charge in [-0.05, 0) is 24.1 Å². The second kappa shape index (κ2) is 5.48. The molecule has 7 heteroatoms. The highest BCUT2D eigenvalue weighted by molar-refractivity contribution is 6.11. The molecule has 1 aromatic heterocycles. The van der Waals surface area contributed by atoms with Crippen LogP contribution in [-0.4, -0.2) is 30.6 Å². The molecule has 0 N–H and O–H groups in total. The average Bonchev–Trinajstić information content (AvgIpc) is 3.46. The van der Waals surface area contributed by atoms with Crippen molar-refractivity contribution in [3.05, 3.63) is 70.5 Å². The van der Waals surface area contributed by atoms with Crippen LogP contribution in [0.5, 0.6) is 0 Å². The molecule has 3 aliphatic heterocycles. The van der Waals surface area contributed by atoms with Gasteiger partial charge in [-0.25, -0.2) is 0 Å². The number of rotatable bonds is 2. The number of hydrogen-bond donors (Lipinski definition) is 0. The molecule has 1 saturated heterocycles. The zero-order chi connectivity index (χ0) is 18.9. The van der Waals surface area contributed by atoms with E-state index in [9.17, 15) is 4.79 Å². The van der Waals surface area contributed by atoms with Crippen LogP contribution in [0.25, 0.3) is 0 Å². The summed E-state index contributed by atoms with van der Waals surface area (Å²) in [5.74, 6) is 2.26. The second-order valence-corrected chi connectivity index (χ2v) is 7.52. The third-order valence-electron chi connectivity index (χ3n) is 6.18. The van der Waals surface area contributed by atoms with E-state index in [1.54, 1.807) is 6.20 Å². The predicted molar refractivity (Wildman–Crippen MR) is 97.1 cm³/mol. The van der Waals surface area contributed by atoms with Crippen LogP contribution >= 0.6 is 0 Å². The van der Waals surface area contributed by atoms with Crippen molar-refractivity contribution < 1.29 is 23.5 Å². The Bertz CT molecular complexity index is 1070. The van der Waals surface area contributed by atoms with Crippen molar-refractivity contribution in [2.45, 2.75) is 31.4 Å². The van der Waals surface area contributed by atoms with Crippen LogP contribution in [0.1, 0.15) is 23.3 Å². The van der Waals surface area contributed by atoms with Gasteiger partial charge in [0.1, 0.15) is 35.4 Å². The largest absolute Gasteiger partial charge is 0.492 e. The third-order valence-corrected chi connectivity index (χ3v) is 6.18. The summed E-state index contributed by atoms with van der Waals surface area (Å²) < 4.78 is 22.4. The monoisotopic (exact) mass is 378 g/mol. The molecule has 0 radical (unpaired) electrons. The summed E-state index contributed by atoms with van der Waals surface area (Å²) in [4.78, 5) is 15.7. The molecule has 28 heavy (non-hydrogen) atoms. The summed E-state index contributed by atoms with van der Waals surface area (Å²) in [7, 11) is 0. The van der Waals surface area contributed by atoms with Gasteiger partial charge in [-0.1, -0.05) is 23.4 Å². The van der Waals surface area contributed by atoms with Gasteiger partial charge in [0.2, 0.25) is 5.91 Å². The molecule has 0 bridgehead atoms. The highest BCUT2D eigenvalue weighted by atomic mass is 16.7. The van der Waals surface area contributed by atoms with Crippen molar-refractivity contribution in [1.82, 2.24) is 5.16 Å². The molecule has 4 aliphatic rings. The van der Waals surface area contributed by atoms with Crippen LogP contribution in [0.4, 0.5) is 5.69 Å². The Morgan fingerprint density at radius 1 is 1.29 bits per heavy atom. The Kier molecular flexibility index (Phi) is 3.12. The lowest BCUT2D eigenvalue weighted by molar-refractivity contribution is -0.122. The minimum absolute atomic E-state index is 0.0232. The summed E-state index contributed by atoms with van der Waals surface area (Å²) in [5, 5.41) is 3.85. The van der Waals surface area contributed by atoms with Gasteiger partial charge >= 0.3 is 0 Å². The van der Waals surface area contributed by atoms with Gasteiger partial charge in [0, 0.05) is 23.7 Å². The number of amides is 1. The fraction of sp³-hybridized carbons (Fsp3) is 0.333. The Morgan fingerprint density at radius 2 is 2.18 bits per heavy atom. The molecular weight excluding hydrogens is 360 g/mol. The number of aryl methyl sites for hydroxylation is 1. The number of anilines is 1. The van der Waals surface area contributed by atoms with Gasteiger partial charge in [0.25, 0.3) is 0 Å². The number of hydrogen-bond acceptors (Lipinski definition) is 6. The number of para-hydroxylation sites is 1. The van der Waals surface area contributed by atoms with Gasteiger partial charge in [0.05, 0.1) is 12.7 Å². The molecule has 1 aromatic carbocycles. The fourth-order valence-corrected chi connectivity index (χ4v) is 4.70. The maximum absolute atomic E-state index is 13.8. The SMILES string of the molecule is Cc1oncc1CN1C(=O)C2(COC3=C2CC2OCOC2=C3)c2ccccc21. The Labute approximate surface area is 161 Å². The lowest BCUT2D eigenvalue weighted by Crippen LogP contribution is -2.43. The summed E-state index contributed by atoms with van der Waals surface area (Å²) >= 11 is 0. The van der Waals surface area contributed by atoms with Crippen molar-refractivity contribution in [3.63, 3.8) is 0 Å². The number of nitrogens with zero attached hydrogens (tertiary/aromatic N) is 2. The second-order valence-electron chi connectivity index (χ2n) is 7.52. The first-order valence-corrected chi connectivity index (χ1v) is 9.32. The number of benzene rings is 1. The Balaban J connectivity index is 1.48. The molecule has 1 aliphatic carbocycles. The molecule has 7 nitrogen and oxygen atoms in total. The Hall–Kier alpha value is -3.06. The van der Waals surface area contributed by atoms with Gasteiger partial charge in [-0.3, -0.25) is 4.79 Å². The Morgan fingerprint density at radius 3 is 3.04 bits per heavy atom. The number of carbonyl (C=O) groups excluding carboxylic acids is 1. The smallest absolute Gasteiger partial charge is 0.245 e. The van der Waals surface area contributed by atoms with E-state index in [-0.39, 0.29) is 18.8 Å². The molecular formula is C21H18N2O5. The standard InChI is InChI=1S/C21H18N2O5/c1-12-13(8-22-28-12)9-23-16-5-3-2-4-14(16)21(20(23)24)10-25-17-7-19-18(6-15(17)21)26-11-27-19/h2-5,7-8,18H,6,9-11H2,1H3. The van der Waals surface area contributed by atoms with E-state index in [4.69, 9.17) is 18.7 Å². The molecule has 142 valence electrons. The van der Waals surface area contributed by atoms with Crippen LogP contribution in [0, 0.1) is 6.92 Å². The number of carbonyl (C=O) groups is 1. The molecule has 2 aromatic rings.